The standard InChI is InChI=1S/C10H13NO5/c1-2-3-11(6-9(12)13)10(14)8-7-15-4-5-16-8/h2,7H,1,3-6H2,(H,12,13). The molecule has 6 heteroatoms. The first-order chi connectivity index (χ1) is 7.65. The summed E-state index contributed by atoms with van der Waals surface area (Å²) in [6.07, 6.45) is 2.65. The lowest BCUT2D eigenvalue weighted by Crippen LogP contribution is -2.38. The number of carboxylic acids is 1. The molecule has 0 aromatic rings. The molecule has 0 aromatic heterocycles. The third-order valence-corrected chi connectivity index (χ3v) is 1.82. The highest BCUT2D eigenvalue weighted by molar-refractivity contribution is 5.93. The molecule has 16 heavy (non-hydrogen) atoms. The minimum Gasteiger partial charge on any atom is -0.494 e. The molecule has 1 heterocycles. The van der Waals surface area contributed by atoms with Gasteiger partial charge < -0.3 is 19.5 Å². The van der Waals surface area contributed by atoms with Crippen LogP contribution in [0.2, 0.25) is 0 Å². The fourth-order valence-corrected chi connectivity index (χ4v) is 1.17. The predicted octanol–water partition coefficient (Wildman–Crippen LogP) is -0.0262. The number of carbonyl (C=O) groups is 2. The summed E-state index contributed by atoms with van der Waals surface area (Å²) in [5.74, 6) is -1.58. The van der Waals surface area contributed by atoms with E-state index in [4.69, 9.17) is 14.6 Å². The maximum Gasteiger partial charge on any atom is 0.323 e. The summed E-state index contributed by atoms with van der Waals surface area (Å²) in [4.78, 5) is 23.4. The minimum atomic E-state index is -1.09. The molecule has 0 spiro atoms. The normalized spacial score (nSPS) is 14.1. The van der Waals surface area contributed by atoms with Gasteiger partial charge in [0.15, 0.2) is 0 Å². The molecule has 6 nitrogen and oxygen atoms in total. The minimum absolute atomic E-state index is 0.0225. The molecule has 0 radical (unpaired) electrons. The van der Waals surface area contributed by atoms with Crippen LogP contribution in [0.15, 0.2) is 24.7 Å². The van der Waals surface area contributed by atoms with Gasteiger partial charge in [-0.25, -0.2) is 0 Å². The second-order valence-electron chi connectivity index (χ2n) is 3.07. The van der Waals surface area contributed by atoms with Crippen molar-refractivity contribution in [1.29, 1.82) is 0 Å². The van der Waals surface area contributed by atoms with E-state index in [1.807, 2.05) is 0 Å². The average molecular weight is 227 g/mol. The Labute approximate surface area is 92.7 Å². The molecular weight excluding hydrogens is 214 g/mol. The molecular formula is C10H13NO5. The van der Waals surface area contributed by atoms with Gasteiger partial charge in [0.1, 0.15) is 26.0 Å². The third kappa shape index (κ3) is 3.30. The van der Waals surface area contributed by atoms with Crippen molar-refractivity contribution in [2.24, 2.45) is 0 Å². The van der Waals surface area contributed by atoms with Crippen LogP contribution < -0.4 is 0 Å². The van der Waals surface area contributed by atoms with Crippen LogP contribution >= 0.6 is 0 Å². The lowest BCUT2D eigenvalue weighted by atomic mass is 10.3. The van der Waals surface area contributed by atoms with Crippen LogP contribution in [0.3, 0.4) is 0 Å². The van der Waals surface area contributed by atoms with E-state index in [9.17, 15) is 9.59 Å². The highest BCUT2D eigenvalue weighted by Gasteiger charge is 2.22. The molecule has 0 aromatic carbocycles. The molecule has 1 amide bonds. The maximum atomic E-state index is 11.8. The number of carbonyl (C=O) groups excluding carboxylic acids is 1. The van der Waals surface area contributed by atoms with Crippen LogP contribution in [-0.2, 0) is 19.1 Å². The quantitative estimate of drug-likeness (QED) is 0.668. The molecule has 1 aliphatic heterocycles. The second-order valence-corrected chi connectivity index (χ2v) is 3.07. The molecule has 0 saturated heterocycles. The molecule has 0 unspecified atom stereocenters. The number of hydrogen-bond acceptors (Lipinski definition) is 4. The van der Waals surface area contributed by atoms with Crippen molar-refractivity contribution in [3.05, 3.63) is 24.7 Å². The Kier molecular flexibility index (Phi) is 4.38. The molecule has 0 saturated carbocycles. The van der Waals surface area contributed by atoms with E-state index in [2.05, 4.69) is 6.58 Å². The van der Waals surface area contributed by atoms with Gasteiger partial charge in [-0.05, 0) is 0 Å². The smallest absolute Gasteiger partial charge is 0.323 e. The van der Waals surface area contributed by atoms with Gasteiger partial charge in [-0.3, -0.25) is 9.59 Å². The van der Waals surface area contributed by atoms with Gasteiger partial charge in [-0.15, -0.1) is 6.58 Å². The van der Waals surface area contributed by atoms with Gasteiger partial charge in [-0.2, -0.15) is 0 Å². The van der Waals surface area contributed by atoms with Crippen LogP contribution in [-0.4, -0.2) is 48.2 Å². The fraction of sp³-hybridized carbons (Fsp3) is 0.400. The number of rotatable bonds is 5. The number of amides is 1. The van der Waals surface area contributed by atoms with Crippen molar-refractivity contribution in [2.45, 2.75) is 0 Å². The largest absolute Gasteiger partial charge is 0.494 e. The summed E-state index contributed by atoms with van der Waals surface area (Å²) >= 11 is 0. The van der Waals surface area contributed by atoms with E-state index in [0.717, 1.165) is 4.90 Å². The number of ether oxygens (including phenoxy) is 2. The maximum absolute atomic E-state index is 11.8. The summed E-state index contributed by atoms with van der Waals surface area (Å²) in [7, 11) is 0. The Morgan fingerprint density at radius 1 is 1.56 bits per heavy atom. The van der Waals surface area contributed by atoms with E-state index in [-0.39, 0.29) is 18.9 Å². The monoisotopic (exact) mass is 227 g/mol. The van der Waals surface area contributed by atoms with Crippen molar-refractivity contribution < 1.29 is 24.2 Å². The molecule has 0 aliphatic carbocycles. The van der Waals surface area contributed by atoms with E-state index < -0.39 is 18.4 Å². The van der Waals surface area contributed by atoms with Crippen molar-refractivity contribution in [3.8, 4) is 0 Å². The van der Waals surface area contributed by atoms with Crippen molar-refractivity contribution >= 4 is 11.9 Å². The average Bonchev–Trinajstić information content (AvgIpc) is 2.28. The van der Waals surface area contributed by atoms with E-state index in [0.29, 0.717) is 6.61 Å². The Hall–Kier alpha value is -1.98. The lowest BCUT2D eigenvalue weighted by Gasteiger charge is -2.22. The SMILES string of the molecule is C=CCN(CC(=O)O)C(=O)C1=COCCO1. The zero-order valence-corrected chi connectivity index (χ0v) is 8.72. The zero-order valence-electron chi connectivity index (χ0n) is 8.72. The third-order valence-electron chi connectivity index (χ3n) is 1.82. The van der Waals surface area contributed by atoms with Gasteiger partial charge in [0, 0.05) is 6.54 Å². The Balaban J connectivity index is 2.68. The predicted molar refractivity (Wildman–Crippen MR) is 54.4 cm³/mol. The first-order valence-electron chi connectivity index (χ1n) is 4.71. The molecule has 1 N–H and O–H groups in total. The van der Waals surface area contributed by atoms with Crippen LogP contribution in [0.1, 0.15) is 0 Å². The number of aliphatic carboxylic acids is 1. The van der Waals surface area contributed by atoms with Crippen LogP contribution in [0, 0.1) is 0 Å². The van der Waals surface area contributed by atoms with Crippen LogP contribution in [0.25, 0.3) is 0 Å². The molecule has 1 rings (SSSR count). The van der Waals surface area contributed by atoms with Crippen LogP contribution in [0.5, 0.6) is 0 Å². The van der Waals surface area contributed by atoms with Gasteiger partial charge in [0.25, 0.3) is 5.91 Å². The molecule has 0 fully saturated rings. The molecule has 0 atom stereocenters. The summed E-state index contributed by atoms with van der Waals surface area (Å²) in [6, 6.07) is 0. The van der Waals surface area contributed by atoms with Gasteiger partial charge in [0.05, 0.1) is 0 Å². The Morgan fingerprint density at radius 2 is 2.31 bits per heavy atom. The number of carboxylic acid groups (broad SMARTS) is 1. The molecule has 1 aliphatic rings. The van der Waals surface area contributed by atoms with E-state index in [1.165, 1.54) is 12.3 Å². The highest BCUT2D eigenvalue weighted by atomic mass is 16.6. The highest BCUT2D eigenvalue weighted by Crippen LogP contribution is 2.08. The van der Waals surface area contributed by atoms with Crippen molar-refractivity contribution in [2.75, 3.05) is 26.3 Å². The Bertz CT molecular complexity index is 323. The van der Waals surface area contributed by atoms with Crippen molar-refractivity contribution in [1.82, 2.24) is 4.90 Å². The van der Waals surface area contributed by atoms with Gasteiger partial charge in [-0.1, -0.05) is 6.08 Å². The summed E-state index contributed by atoms with van der Waals surface area (Å²) in [5.41, 5.74) is 0. The first kappa shape index (κ1) is 12.1. The van der Waals surface area contributed by atoms with Gasteiger partial charge >= 0.3 is 5.97 Å². The zero-order chi connectivity index (χ0) is 12.0. The fourth-order valence-electron chi connectivity index (χ4n) is 1.17. The summed E-state index contributed by atoms with van der Waals surface area (Å²) in [6.45, 7) is 3.87. The van der Waals surface area contributed by atoms with E-state index >= 15 is 0 Å². The number of nitrogens with zero attached hydrogens (tertiary/aromatic N) is 1. The molecule has 88 valence electrons. The lowest BCUT2D eigenvalue weighted by molar-refractivity contribution is -0.144. The first-order valence-corrected chi connectivity index (χ1v) is 4.71. The summed E-state index contributed by atoms with van der Waals surface area (Å²) in [5, 5.41) is 8.64. The second kappa shape index (κ2) is 5.79. The Morgan fingerprint density at radius 3 is 2.81 bits per heavy atom. The summed E-state index contributed by atoms with van der Waals surface area (Å²) < 4.78 is 9.99. The van der Waals surface area contributed by atoms with E-state index in [1.54, 1.807) is 0 Å². The van der Waals surface area contributed by atoms with Crippen molar-refractivity contribution in [3.63, 3.8) is 0 Å². The molecule has 0 bridgehead atoms. The topological polar surface area (TPSA) is 76.1 Å². The van der Waals surface area contributed by atoms with Gasteiger partial charge in [0.2, 0.25) is 5.76 Å². The number of hydrogen-bond donors (Lipinski definition) is 1. The van der Waals surface area contributed by atoms with Crippen LogP contribution in [0.4, 0.5) is 0 Å².